The molecule has 3 nitrogen and oxygen atoms in total. The van der Waals surface area contributed by atoms with Crippen molar-refractivity contribution in [1.82, 2.24) is 4.90 Å². The van der Waals surface area contributed by atoms with Crippen molar-refractivity contribution < 1.29 is 0 Å². The number of nitriles is 1. The molecule has 19 heavy (non-hydrogen) atoms. The van der Waals surface area contributed by atoms with Gasteiger partial charge in [-0.2, -0.15) is 5.26 Å². The molecule has 2 N–H and O–H groups in total. The Kier molecular flexibility index (Phi) is 3.30. The molecule has 1 aliphatic carbocycles. The highest BCUT2D eigenvalue weighted by atomic mass is 15.2. The van der Waals surface area contributed by atoms with Crippen molar-refractivity contribution in [3.05, 3.63) is 35.9 Å². The van der Waals surface area contributed by atoms with Crippen LogP contribution < -0.4 is 5.73 Å². The van der Waals surface area contributed by atoms with E-state index in [2.05, 4.69) is 23.1 Å². The van der Waals surface area contributed by atoms with Crippen molar-refractivity contribution in [1.29, 1.82) is 5.26 Å². The van der Waals surface area contributed by atoms with Gasteiger partial charge in [-0.05, 0) is 31.2 Å². The molecule has 0 unspecified atom stereocenters. The molecule has 3 rings (SSSR count). The largest absolute Gasteiger partial charge is 0.325 e. The molecule has 0 aromatic heterocycles. The first kappa shape index (κ1) is 12.7. The molecular formula is C16H21N3. The summed E-state index contributed by atoms with van der Waals surface area (Å²) in [6, 6.07) is 13.9. The van der Waals surface area contributed by atoms with Gasteiger partial charge in [0.05, 0.1) is 11.5 Å². The molecule has 2 fully saturated rings. The summed E-state index contributed by atoms with van der Waals surface area (Å²) in [6.45, 7) is 2.07. The molecule has 2 aliphatic rings. The van der Waals surface area contributed by atoms with Crippen LogP contribution in [-0.2, 0) is 5.41 Å². The fourth-order valence-electron chi connectivity index (χ4n) is 3.53. The highest BCUT2D eigenvalue weighted by Gasteiger charge is 2.40. The summed E-state index contributed by atoms with van der Waals surface area (Å²) >= 11 is 0. The van der Waals surface area contributed by atoms with E-state index in [1.165, 1.54) is 5.56 Å². The number of nitrogens with two attached hydrogens (primary N) is 1. The Morgan fingerprint density at radius 3 is 2.32 bits per heavy atom. The highest BCUT2D eigenvalue weighted by molar-refractivity contribution is 5.33. The van der Waals surface area contributed by atoms with Gasteiger partial charge in [0.25, 0.3) is 0 Å². The highest BCUT2D eigenvalue weighted by Crippen LogP contribution is 2.40. The van der Waals surface area contributed by atoms with E-state index in [0.717, 1.165) is 38.8 Å². The minimum absolute atomic E-state index is 0.259. The first-order chi connectivity index (χ1) is 9.23. The SMILES string of the molecule is N#CC1(c2ccccc2)CCC(N2CC(N)C2)CC1. The molecule has 0 atom stereocenters. The van der Waals surface area contributed by atoms with Gasteiger partial charge in [-0.3, -0.25) is 4.90 Å². The Hall–Kier alpha value is -1.37. The third-order valence-electron chi connectivity index (χ3n) is 4.80. The first-order valence-corrected chi connectivity index (χ1v) is 7.20. The maximum absolute atomic E-state index is 9.65. The van der Waals surface area contributed by atoms with Crippen LogP contribution in [-0.4, -0.2) is 30.1 Å². The Morgan fingerprint density at radius 2 is 1.79 bits per heavy atom. The van der Waals surface area contributed by atoms with Gasteiger partial charge in [0, 0.05) is 25.2 Å². The minimum atomic E-state index is -0.259. The summed E-state index contributed by atoms with van der Waals surface area (Å²) in [6.07, 6.45) is 4.19. The predicted octanol–water partition coefficient (Wildman–Crippen LogP) is 2.03. The number of benzene rings is 1. The van der Waals surface area contributed by atoms with Crippen molar-refractivity contribution in [2.75, 3.05) is 13.1 Å². The molecule has 1 aromatic carbocycles. The van der Waals surface area contributed by atoms with Gasteiger partial charge < -0.3 is 5.73 Å². The van der Waals surface area contributed by atoms with Crippen molar-refractivity contribution >= 4 is 0 Å². The lowest BCUT2D eigenvalue weighted by Gasteiger charge is -2.46. The van der Waals surface area contributed by atoms with Gasteiger partial charge in [-0.1, -0.05) is 30.3 Å². The molecule has 0 spiro atoms. The lowest BCUT2D eigenvalue weighted by Crippen LogP contribution is -2.60. The Morgan fingerprint density at radius 1 is 1.16 bits per heavy atom. The number of hydrogen-bond acceptors (Lipinski definition) is 3. The van der Waals surface area contributed by atoms with Gasteiger partial charge in [-0.15, -0.1) is 0 Å². The first-order valence-electron chi connectivity index (χ1n) is 7.20. The fourth-order valence-corrected chi connectivity index (χ4v) is 3.53. The topological polar surface area (TPSA) is 53.0 Å². The molecule has 0 radical (unpaired) electrons. The van der Waals surface area contributed by atoms with Gasteiger partial charge in [0.2, 0.25) is 0 Å². The molecule has 1 saturated heterocycles. The van der Waals surface area contributed by atoms with E-state index in [1.807, 2.05) is 18.2 Å². The summed E-state index contributed by atoms with van der Waals surface area (Å²) in [5.41, 5.74) is 6.78. The zero-order valence-electron chi connectivity index (χ0n) is 11.3. The van der Waals surface area contributed by atoms with Crippen molar-refractivity contribution in [2.45, 2.75) is 43.2 Å². The molecule has 1 saturated carbocycles. The van der Waals surface area contributed by atoms with Gasteiger partial charge in [0.1, 0.15) is 0 Å². The quantitative estimate of drug-likeness (QED) is 0.879. The zero-order chi connectivity index (χ0) is 13.3. The van der Waals surface area contributed by atoms with Gasteiger partial charge in [0.15, 0.2) is 0 Å². The maximum Gasteiger partial charge on any atom is 0.0823 e. The summed E-state index contributed by atoms with van der Waals surface area (Å²) in [5, 5.41) is 9.65. The predicted molar refractivity (Wildman–Crippen MR) is 75.5 cm³/mol. The molecule has 0 bridgehead atoms. The third kappa shape index (κ3) is 2.27. The second-order valence-corrected chi connectivity index (χ2v) is 6.01. The smallest absolute Gasteiger partial charge is 0.0823 e. The van der Waals surface area contributed by atoms with Crippen LogP contribution in [0.25, 0.3) is 0 Å². The summed E-state index contributed by atoms with van der Waals surface area (Å²) in [4.78, 5) is 2.48. The van der Waals surface area contributed by atoms with Crippen LogP contribution in [0.1, 0.15) is 31.2 Å². The van der Waals surface area contributed by atoms with Crippen LogP contribution in [0.5, 0.6) is 0 Å². The van der Waals surface area contributed by atoms with Crippen LogP contribution in [0.15, 0.2) is 30.3 Å². The zero-order valence-corrected chi connectivity index (χ0v) is 11.3. The standard InChI is InChI=1S/C16H21N3/c17-12-16(13-4-2-1-3-5-13)8-6-15(7-9-16)19-10-14(18)11-19/h1-5,14-15H,6-11,18H2. The van der Waals surface area contributed by atoms with Crippen LogP contribution in [0.3, 0.4) is 0 Å². The van der Waals surface area contributed by atoms with E-state index in [0.29, 0.717) is 12.1 Å². The second-order valence-electron chi connectivity index (χ2n) is 6.01. The van der Waals surface area contributed by atoms with E-state index in [9.17, 15) is 5.26 Å². The molecule has 1 aromatic rings. The van der Waals surface area contributed by atoms with Crippen LogP contribution in [0, 0.1) is 11.3 Å². The van der Waals surface area contributed by atoms with E-state index in [4.69, 9.17) is 5.73 Å². The summed E-state index contributed by atoms with van der Waals surface area (Å²) in [7, 11) is 0. The number of rotatable bonds is 2. The average Bonchev–Trinajstić information content (AvgIpc) is 2.45. The van der Waals surface area contributed by atoms with E-state index < -0.39 is 0 Å². The Bertz CT molecular complexity index is 463. The molecule has 100 valence electrons. The summed E-state index contributed by atoms with van der Waals surface area (Å²) in [5.74, 6) is 0. The molecule has 0 amide bonds. The molecular weight excluding hydrogens is 234 g/mol. The van der Waals surface area contributed by atoms with Crippen LogP contribution in [0.2, 0.25) is 0 Å². The minimum Gasteiger partial charge on any atom is -0.325 e. The average molecular weight is 255 g/mol. The van der Waals surface area contributed by atoms with Gasteiger partial charge in [-0.25, -0.2) is 0 Å². The van der Waals surface area contributed by atoms with E-state index in [-0.39, 0.29) is 5.41 Å². The van der Waals surface area contributed by atoms with Crippen LogP contribution >= 0.6 is 0 Å². The number of nitrogens with zero attached hydrogens (tertiary/aromatic N) is 2. The van der Waals surface area contributed by atoms with Crippen molar-refractivity contribution in [2.24, 2.45) is 5.73 Å². The molecule has 1 aliphatic heterocycles. The normalized spacial score (nSPS) is 32.5. The van der Waals surface area contributed by atoms with Crippen molar-refractivity contribution in [3.8, 4) is 6.07 Å². The second kappa shape index (κ2) is 4.96. The van der Waals surface area contributed by atoms with E-state index >= 15 is 0 Å². The number of hydrogen-bond donors (Lipinski definition) is 1. The lowest BCUT2D eigenvalue weighted by molar-refractivity contribution is 0.0617. The maximum atomic E-state index is 9.65. The fraction of sp³-hybridized carbons (Fsp3) is 0.562. The van der Waals surface area contributed by atoms with Crippen LogP contribution in [0.4, 0.5) is 0 Å². The number of likely N-dealkylation sites (tertiary alicyclic amines) is 1. The van der Waals surface area contributed by atoms with Crippen molar-refractivity contribution in [3.63, 3.8) is 0 Å². The molecule has 1 heterocycles. The monoisotopic (exact) mass is 255 g/mol. The lowest BCUT2D eigenvalue weighted by atomic mass is 9.68. The Balaban J connectivity index is 1.69. The van der Waals surface area contributed by atoms with Gasteiger partial charge >= 0.3 is 0 Å². The molecule has 3 heteroatoms. The van der Waals surface area contributed by atoms with E-state index in [1.54, 1.807) is 0 Å². The third-order valence-corrected chi connectivity index (χ3v) is 4.80. The Labute approximate surface area is 115 Å². The summed E-state index contributed by atoms with van der Waals surface area (Å²) < 4.78 is 0.